The first-order valence-corrected chi connectivity index (χ1v) is 8.34. The lowest BCUT2D eigenvalue weighted by molar-refractivity contribution is -0.126. The van der Waals surface area contributed by atoms with Crippen LogP contribution in [0, 0.1) is 0 Å². The van der Waals surface area contributed by atoms with Crippen molar-refractivity contribution < 1.29 is 9.90 Å². The number of aromatic nitrogens is 1. The number of hydrogen-bond acceptors (Lipinski definition) is 2. The Balaban J connectivity index is 1.73. The zero-order valence-corrected chi connectivity index (χ0v) is 13.6. The maximum atomic E-state index is 12.5. The van der Waals surface area contributed by atoms with Gasteiger partial charge in [-0.2, -0.15) is 0 Å². The molecule has 0 bridgehead atoms. The summed E-state index contributed by atoms with van der Waals surface area (Å²) in [6, 6.07) is 8.61. The average molecular weight is 312 g/mol. The maximum absolute atomic E-state index is 12.5. The maximum Gasteiger partial charge on any atom is 0.246 e. The number of carbonyl (C=O) groups excluding carboxylic acids is 1. The molecule has 1 N–H and O–H groups in total. The highest BCUT2D eigenvalue weighted by molar-refractivity contribution is 5.96. The smallest absolute Gasteiger partial charge is 0.246 e. The average Bonchev–Trinajstić information content (AvgIpc) is 3.35. The molecule has 1 amide bonds. The number of aliphatic hydroxyl groups excluding tert-OH is 1. The molecule has 3 rings (SSSR count). The number of carbonyl (C=O) groups is 1. The second-order valence-corrected chi connectivity index (χ2v) is 6.24. The van der Waals surface area contributed by atoms with Crippen molar-refractivity contribution in [3.05, 3.63) is 42.1 Å². The summed E-state index contributed by atoms with van der Waals surface area (Å²) in [5.41, 5.74) is 2.24. The first-order chi connectivity index (χ1) is 11.2. The highest BCUT2D eigenvalue weighted by Gasteiger charge is 2.30. The molecule has 0 unspecified atom stereocenters. The molecule has 4 nitrogen and oxygen atoms in total. The molecule has 23 heavy (non-hydrogen) atoms. The molecule has 1 aromatic heterocycles. The van der Waals surface area contributed by atoms with E-state index in [0.717, 1.165) is 43.2 Å². The number of amides is 1. The predicted molar refractivity (Wildman–Crippen MR) is 93.0 cm³/mol. The molecule has 1 aliphatic carbocycles. The number of hydrogen-bond donors (Lipinski definition) is 1. The molecular weight excluding hydrogens is 288 g/mol. The third-order valence-electron chi connectivity index (χ3n) is 4.41. The fourth-order valence-electron chi connectivity index (χ4n) is 3.02. The van der Waals surface area contributed by atoms with E-state index in [1.165, 1.54) is 5.52 Å². The van der Waals surface area contributed by atoms with Crippen LogP contribution in [-0.4, -0.2) is 39.7 Å². The van der Waals surface area contributed by atoms with Gasteiger partial charge in [-0.15, -0.1) is 0 Å². The first-order valence-electron chi connectivity index (χ1n) is 8.34. The Hall–Kier alpha value is -2.07. The molecule has 0 radical (unpaired) electrons. The third-order valence-corrected chi connectivity index (χ3v) is 4.41. The van der Waals surface area contributed by atoms with Crippen LogP contribution in [0.3, 0.4) is 0 Å². The van der Waals surface area contributed by atoms with Gasteiger partial charge in [0, 0.05) is 55.0 Å². The molecule has 1 fully saturated rings. The van der Waals surface area contributed by atoms with Crippen LogP contribution >= 0.6 is 0 Å². The lowest BCUT2D eigenvalue weighted by atomic mass is 10.1. The van der Waals surface area contributed by atoms with Gasteiger partial charge in [-0.1, -0.05) is 18.2 Å². The van der Waals surface area contributed by atoms with E-state index in [1.54, 1.807) is 6.08 Å². The van der Waals surface area contributed by atoms with Crippen molar-refractivity contribution in [3.8, 4) is 0 Å². The summed E-state index contributed by atoms with van der Waals surface area (Å²) in [5.74, 6) is 0.0818. The standard InChI is InChI=1S/C19H24N2O2/c1-20-14-15(17-6-2-3-7-18(17)20)8-11-19(23)21(16-9-10-16)12-4-5-13-22/h2-3,6-8,11,14,16,22H,4-5,9-10,12-13H2,1H3/b11-8+. The number of benzene rings is 1. The molecule has 4 heteroatoms. The number of fused-ring (bicyclic) bond motifs is 1. The van der Waals surface area contributed by atoms with Gasteiger partial charge in [-0.3, -0.25) is 4.79 Å². The van der Waals surface area contributed by atoms with Gasteiger partial charge in [0.2, 0.25) is 5.91 Å². The largest absolute Gasteiger partial charge is 0.396 e. The molecule has 122 valence electrons. The second-order valence-electron chi connectivity index (χ2n) is 6.24. The molecular formula is C19H24N2O2. The van der Waals surface area contributed by atoms with Gasteiger partial charge < -0.3 is 14.6 Å². The van der Waals surface area contributed by atoms with Crippen molar-refractivity contribution in [2.24, 2.45) is 7.05 Å². The van der Waals surface area contributed by atoms with Crippen LogP contribution < -0.4 is 0 Å². The van der Waals surface area contributed by atoms with E-state index in [2.05, 4.69) is 22.9 Å². The minimum atomic E-state index is 0.0818. The third kappa shape index (κ3) is 3.64. The SMILES string of the molecule is Cn1cc(/C=C/C(=O)N(CCCCO)C2CC2)c2ccccc21. The predicted octanol–water partition coefficient (Wildman–Crippen LogP) is 2.96. The minimum Gasteiger partial charge on any atom is -0.396 e. The van der Waals surface area contributed by atoms with Crippen LogP contribution in [0.2, 0.25) is 0 Å². The van der Waals surface area contributed by atoms with Crippen LogP contribution in [0.5, 0.6) is 0 Å². The monoisotopic (exact) mass is 312 g/mol. The molecule has 1 aromatic carbocycles. The van der Waals surface area contributed by atoms with E-state index in [0.29, 0.717) is 6.04 Å². The molecule has 0 saturated heterocycles. The van der Waals surface area contributed by atoms with E-state index >= 15 is 0 Å². The van der Waals surface area contributed by atoms with Gasteiger partial charge >= 0.3 is 0 Å². The number of rotatable bonds is 7. The van der Waals surface area contributed by atoms with Crippen molar-refractivity contribution in [3.63, 3.8) is 0 Å². The number of aryl methyl sites for hydroxylation is 1. The lowest BCUT2D eigenvalue weighted by Crippen LogP contribution is -2.32. The van der Waals surface area contributed by atoms with Crippen LogP contribution in [0.25, 0.3) is 17.0 Å². The van der Waals surface area contributed by atoms with Crippen molar-refractivity contribution in [2.45, 2.75) is 31.7 Å². The van der Waals surface area contributed by atoms with Crippen LogP contribution in [0.1, 0.15) is 31.2 Å². The topological polar surface area (TPSA) is 45.5 Å². The summed E-state index contributed by atoms with van der Waals surface area (Å²) in [6.45, 7) is 0.933. The van der Waals surface area contributed by atoms with Gasteiger partial charge in [0.05, 0.1) is 0 Å². The Morgan fingerprint density at radius 1 is 1.35 bits per heavy atom. The van der Waals surface area contributed by atoms with Gasteiger partial charge in [0.1, 0.15) is 0 Å². The van der Waals surface area contributed by atoms with Crippen LogP contribution in [0.15, 0.2) is 36.5 Å². The Morgan fingerprint density at radius 2 is 2.13 bits per heavy atom. The lowest BCUT2D eigenvalue weighted by Gasteiger charge is -2.20. The molecule has 1 heterocycles. The van der Waals surface area contributed by atoms with Crippen molar-refractivity contribution in [1.29, 1.82) is 0 Å². The quantitative estimate of drug-likeness (QED) is 0.631. The summed E-state index contributed by atoms with van der Waals surface area (Å²) >= 11 is 0. The summed E-state index contributed by atoms with van der Waals surface area (Å²) in [4.78, 5) is 14.5. The van der Waals surface area contributed by atoms with Crippen molar-refractivity contribution in [2.75, 3.05) is 13.2 Å². The van der Waals surface area contributed by atoms with Gasteiger partial charge in [-0.05, 0) is 37.8 Å². The summed E-state index contributed by atoms with van der Waals surface area (Å²) in [7, 11) is 2.02. The van der Waals surface area contributed by atoms with Crippen LogP contribution in [0.4, 0.5) is 0 Å². The summed E-state index contributed by atoms with van der Waals surface area (Å²) < 4.78 is 2.08. The van der Waals surface area contributed by atoms with E-state index < -0.39 is 0 Å². The highest BCUT2D eigenvalue weighted by atomic mass is 16.3. The van der Waals surface area contributed by atoms with Crippen LogP contribution in [-0.2, 0) is 11.8 Å². The number of nitrogens with zero attached hydrogens (tertiary/aromatic N) is 2. The Labute approximate surface area is 137 Å². The molecule has 0 spiro atoms. The second kappa shape index (κ2) is 7.01. The van der Waals surface area contributed by atoms with E-state index in [-0.39, 0.29) is 12.5 Å². The van der Waals surface area contributed by atoms with Gasteiger partial charge in [0.15, 0.2) is 0 Å². The van der Waals surface area contributed by atoms with Gasteiger partial charge in [0.25, 0.3) is 0 Å². The minimum absolute atomic E-state index is 0.0818. The summed E-state index contributed by atoms with van der Waals surface area (Å²) in [5, 5.41) is 10.1. The molecule has 2 aromatic rings. The normalized spacial score (nSPS) is 14.7. The Bertz CT molecular complexity index is 713. The van der Waals surface area contributed by atoms with E-state index in [4.69, 9.17) is 5.11 Å². The number of para-hydroxylation sites is 1. The number of unbranched alkanes of at least 4 members (excludes halogenated alkanes) is 1. The first kappa shape index (κ1) is 15.8. The Morgan fingerprint density at radius 3 is 2.87 bits per heavy atom. The fourth-order valence-corrected chi connectivity index (χ4v) is 3.02. The van der Waals surface area contributed by atoms with Crippen molar-refractivity contribution >= 4 is 22.9 Å². The molecule has 0 aliphatic heterocycles. The van der Waals surface area contributed by atoms with Crippen molar-refractivity contribution in [1.82, 2.24) is 9.47 Å². The molecule has 1 saturated carbocycles. The summed E-state index contributed by atoms with van der Waals surface area (Å²) in [6.07, 6.45) is 9.50. The molecule has 0 atom stereocenters. The fraction of sp³-hybridized carbons (Fsp3) is 0.421. The molecule has 1 aliphatic rings. The highest BCUT2D eigenvalue weighted by Crippen LogP contribution is 2.28. The Kier molecular flexibility index (Phi) is 4.82. The zero-order chi connectivity index (χ0) is 16.2. The number of aliphatic hydroxyl groups is 1. The zero-order valence-electron chi connectivity index (χ0n) is 13.6. The van der Waals surface area contributed by atoms with E-state index in [1.807, 2.05) is 30.2 Å². The van der Waals surface area contributed by atoms with E-state index in [9.17, 15) is 4.79 Å². The van der Waals surface area contributed by atoms with Gasteiger partial charge in [-0.25, -0.2) is 0 Å².